The van der Waals surface area contributed by atoms with Gasteiger partial charge in [-0.05, 0) is 90.1 Å². The average Bonchev–Trinajstić information content (AvgIpc) is 2.57. The van der Waals surface area contributed by atoms with E-state index in [-0.39, 0.29) is 18.4 Å². The van der Waals surface area contributed by atoms with Gasteiger partial charge < -0.3 is 17.2 Å². The highest BCUT2D eigenvalue weighted by atomic mass is 35.5. The fourth-order valence-electron chi connectivity index (χ4n) is 3.14. The predicted molar refractivity (Wildman–Crippen MR) is 116 cm³/mol. The Balaban J connectivity index is 0.00000243. The third-order valence-electron chi connectivity index (χ3n) is 4.84. The molecule has 3 nitrogen and oxygen atoms in total. The van der Waals surface area contributed by atoms with Crippen LogP contribution in [0.4, 0.5) is 11.4 Å². The highest BCUT2D eigenvalue weighted by Gasteiger charge is 2.18. The zero-order chi connectivity index (χ0) is 18.1. The van der Waals surface area contributed by atoms with Crippen molar-refractivity contribution in [3.05, 3.63) is 82.0 Å². The molecule has 0 aromatic heterocycles. The van der Waals surface area contributed by atoms with Crippen LogP contribution in [0.15, 0.2) is 59.7 Å². The van der Waals surface area contributed by atoms with Crippen LogP contribution in [0.25, 0.3) is 11.6 Å². The summed E-state index contributed by atoms with van der Waals surface area (Å²) in [4.78, 5) is 0. The van der Waals surface area contributed by atoms with E-state index >= 15 is 0 Å². The number of hydrogen-bond donors (Lipinski definition) is 3. The van der Waals surface area contributed by atoms with Crippen molar-refractivity contribution in [1.29, 1.82) is 0 Å². The zero-order valence-electron chi connectivity index (χ0n) is 15.4. The van der Waals surface area contributed by atoms with Crippen molar-refractivity contribution in [3.8, 4) is 0 Å². The van der Waals surface area contributed by atoms with Crippen molar-refractivity contribution in [3.63, 3.8) is 0 Å². The number of allylic oxidation sites excluding steroid dienone is 3. The standard InChI is InChI=1S/C22H25N3.ClH/c1-13-10-16(4-7-19(13)23)12-18-6-9-21(25)15(3)22(18)17-5-8-20(24)14(2)11-17;/h4-12,21H,23-25H2,1-3H3;1H. The van der Waals surface area contributed by atoms with Crippen LogP contribution in [0.1, 0.15) is 29.2 Å². The fraction of sp³-hybridized carbons (Fsp3) is 0.182. The van der Waals surface area contributed by atoms with E-state index in [2.05, 4.69) is 37.3 Å². The molecule has 0 saturated carbocycles. The van der Waals surface area contributed by atoms with Gasteiger partial charge in [-0.1, -0.05) is 24.3 Å². The third kappa shape index (κ3) is 3.85. The van der Waals surface area contributed by atoms with Gasteiger partial charge in [0.15, 0.2) is 0 Å². The number of benzene rings is 2. The molecule has 3 rings (SSSR count). The van der Waals surface area contributed by atoms with Gasteiger partial charge in [-0.25, -0.2) is 0 Å². The molecule has 1 atom stereocenters. The van der Waals surface area contributed by atoms with Gasteiger partial charge in [-0.2, -0.15) is 0 Å². The minimum atomic E-state index is -0.0711. The number of hydrogen-bond acceptors (Lipinski definition) is 3. The quantitative estimate of drug-likeness (QED) is 0.676. The van der Waals surface area contributed by atoms with E-state index in [1.54, 1.807) is 0 Å². The van der Waals surface area contributed by atoms with E-state index in [0.29, 0.717) is 0 Å². The number of aryl methyl sites for hydroxylation is 2. The van der Waals surface area contributed by atoms with Crippen LogP contribution in [0.3, 0.4) is 0 Å². The highest BCUT2D eigenvalue weighted by Crippen LogP contribution is 2.35. The summed E-state index contributed by atoms with van der Waals surface area (Å²) in [6, 6.07) is 12.2. The molecule has 1 unspecified atom stereocenters. The number of rotatable bonds is 2. The summed E-state index contributed by atoms with van der Waals surface area (Å²) in [7, 11) is 0. The van der Waals surface area contributed by atoms with Gasteiger partial charge in [0.1, 0.15) is 0 Å². The van der Waals surface area contributed by atoms with Crippen LogP contribution in [-0.2, 0) is 0 Å². The maximum atomic E-state index is 6.26. The van der Waals surface area contributed by atoms with Crippen LogP contribution < -0.4 is 17.2 Å². The second kappa shape index (κ2) is 7.81. The molecule has 0 amide bonds. The minimum Gasteiger partial charge on any atom is -0.399 e. The molecular formula is C22H26ClN3. The number of halogens is 1. The van der Waals surface area contributed by atoms with Crippen LogP contribution >= 0.6 is 12.4 Å². The molecule has 2 aromatic carbocycles. The van der Waals surface area contributed by atoms with Crippen LogP contribution in [0, 0.1) is 13.8 Å². The topological polar surface area (TPSA) is 78.1 Å². The largest absolute Gasteiger partial charge is 0.399 e. The summed E-state index contributed by atoms with van der Waals surface area (Å²) in [5, 5.41) is 0. The first-order chi connectivity index (χ1) is 11.9. The molecule has 0 fully saturated rings. The summed E-state index contributed by atoms with van der Waals surface area (Å²) in [6.45, 7) is 6.15. The van der Waals surface area contributed by atoms with Gasteiger partial charge >= 0.3 is 0 Å². The highest BCUT2D eigenvalue weighted by molar-refractivity contribution is 5.91. The summed E-state index contributed by atoms with van der Waals surface area (Å²) >= 11 is 0. The minimum absolute atomic E-state index is 0. The number of anilines is 2. The lowest BCUT2D eigenvalue weighted by atomic mass is 9.84. The van der Waals surface area contributed by atoms with Crippen molar-refractivity contribution in [1.82, 2.24) is 0 Å². The Morgan fingerprint density at radius 1 is 0.885 bits per heavy atom. The SMILES string of the molecule is CC1=C(c2ccc(N)c(C)c2)C(=Cc2ccc(N)c(C)c2)C=CC1N.Cl. The van der Waals surface area contributed by atoms with Gasteiger partial charge in [0.05, 0.1) is 0 Å². The lowest BCUT2D eigenvalue weighted by Crippen LogP contribution is -2.22. The molecule has 6 N–H and O–H groups in total. The molecule has 2 aromatic rings. The van der Waals surface area contributed by atoms with Crippen LogP contribution in [0.5, 0.6) is 0 Å². The maximum absolute atomic E-state index is 6.26. The van der Waals surface area contributed by atoms with E-state index < -0.39 is 0 Å². The molecular weight excluding hydrogens is 342 g/mol. The molecule has 0 heterocycles. The first-order valence-corrected chi connectivity index (χ1v) is 8.46. The molecule has 0 saturated heterocycles. The van der Waals surface area contributed by atoms with Crippen molar-refractivity contribution < 1.29 is 0 Å². The Hall–Kier alpha value is -2.49. The Morgan fingerprint density at radius 3 is 2.12 bits per heavy atom. The van der Waals surface area contributed by atoms with Crippen LogP contribution in [-0.4, -0.2) is 6.04 Å². The first kappa shape index (κ1) is 19.8. The molecule has 26 heavy (non-hydrogen) atoms. The molecule has 1 aliphatic rings. The Morgan fingerprint density at radius 2 is 1.50 bits per heavy atom. The monoisotopic (exact) mass is 367 g/mol. The van der Waals surface area contributed by atoms with E-state index in [4.69, 9.17) is 17.2 Å². The third-order valence-corrected chi connectivity index (χ3v) is 4.84. The molecule has 1 aliphatic carbocycles. The second-order valence-electron chi connectivity index (χ2n) is 6.73. The zero-order valence-corrected chi connectivity index (χ0v) is 16.2. The van der Waals surface area contributed by atoms with Crippen molar-refractivity contribution in [2.75, 3.05) is 11.5 Å². The summed E-state index contributed by atoms with van der Waals surface area (Å²) in [5.74, 6) is 0. The average molecular weight is 368 g/mol. The lowest BCUT2D eigenvalue weighted by Gasteiger charge is -2.22. The van der Waals surface area contributed by atoms with Gasteiger partial charge in [0, 0.05) is 17.4 Å². The number of nitrogens with two attached hydrogens (primary N) is 3. The predicted octanol–water partition coefficient (Wildman–Crippen LogP) is 4.64. The number of nitrogen functional groups attached to an aromatic ring is 2. The van der Waals surface area contributed by atoms with Crippen molar-refractivity contribution >= 4 is 35.4 Å². The smallest absolute Gasteiger partial charge is 0.0450 e. The second-order valence-corrected chi connectivity index (χ2v) is 6.73. The van der Waals surface area contributed by atoms with Crippen LogP contribution in [0.2, 0.25) is 0 Å². The van der Waals surface area contributed by atoms with Crippen molar-refractivity contribution in [2.24, 2.45) is 5.73 Å². The fourth-order valence-corrected chi connectivity index (χ4v) is 3.14. The Labute approximate surface area is 161 Å². The Bertz CT molecular complexity index is 923. The van der Waals surface area contributed by atoms with Gasteiger partial charge in [-0.3, -0.25) is 0 Å². The molecule has 0 spiro atoms. The van der Waals surface area contributed by atoms with E-state index in [1.807, 2.05) is 38.1 Å². The maximum Gasteiger partial charge on any atom is 0.0450 e. The summed E-state index contributed by atoms with van der Waals surface area (Å²) in [6.07, 6.45) is 6.32. The molecule has 0 radical (unpaired) electrons. The molecule has 4 heteroatoms. The normalized spacial score (nSPS) is 18.2. The first-order valence-electron chi connectivity index (χ1n) is 8.46. The Kier molecular flexibility index (Phi) is 5.96. The lowest BCUT2D eigenvalue weighted by molar-refractivity contribution is 0.942. The summed E-state index contributed by atoms with van der Waals surface area (Å²) < 4.78 is 0. The van der Waals surface area contributed by atoms with Gasteiger partial charge in [0.2, 0.25) is 0 Å². The molecule has 0 bridgehead atoms. The van der Waals surface area contributed by atoms with E-state index in [9.17, 15) is 0 Å². The molecule has 136 valence electrons. The van der Waals surface area contributed by atoms with Crippen molar-refractivity contribution in [2.45, 2.75) is 26.8 Å². The van der Waals surface area contributed by atoms with Gasteiger partial charge in [0.25, 0.3) is 0 Å². The summed E-state index contributed by atoms with van der Waals surface area (Å²) in [5.41, 5.74) is 27.7. The van der Waals surface area contributed by atoms with E-state index in [1.165, 1.54) is 5.57 Å². The van der Waals surface area contributed by atoms with E-state index in [0.717, 1.165) is 44.8 Å². The molecule has 0 aliphatic heterocycles. The van der Waals surface area contributed by atoms with Gasteiger partial charge in [-0.15, -0.1) is 12.4 Å².